The predicted octanol–water partition coefficient (Wildman–Crippen LogP) is 1.78. The van der Waals surface area contributed by atoms with Gasteiger partial charge in [-0.3, -0.25) is 0 Å². The van der Waals surface area contributed by atoms with Gasteiger partial charge in [-0.1, -0.05) is 6.92 Å². The summed E-state index contributed by atoms with van der Waals surface area (Å²) in [6, 6.07) is 0.263. The van der Waals surface area contributed by atoms with Gasteiger partial charge < -0.3 is 15.2 Å². The van der Waals surface area contributed by atoms with Gasteiger partial charge in [0.2, 0.25) is 0 Å². The van der Waals surface area contributed by atoms with E-state index in [0.717, 1.165) is 30.2 Å². The van der Waals surface area contributed by atoms with Crippen molar-refractivity contribution in [2.24, 2.45) is 0 Å². The minimum absolute atomic E-state index is 0.263. The highest BCUT2D eigenvalue weighted by Gasteiger charge is 2.11. The molecule has 1 atom stereocenters. The lowest BCUT2D eigenvalue weighted by Crippen LogP contribution is -2.23. The Morgan fingerprint density at radius 2 is 2.11 bits per heavy atom. The van der Waals surface area contributed by atoms with Crippen molar-refractivity contribution in [1.29, 1.82) is 0 Å². The zero-order valence-corrected chi connectivity index (χ0v) is 11.6. The topological polar surface area (TPSA) is 67.7 Å². The molecular formula is C13H20N6. The summed E-state index contributed by atoms with van der Waals surface area (Å²) in [7, 11) is 1.88. The zero-order chi connectivity index (χ0) is 13.7. The van der Waals surface area contributed by atoms with Gasteiger partial charge in [-0.25, -0.2) is 15.0 Å². The van der Waals surface area contributed by atoms with Crippen molar-refractivity contribution < 1.29 is 0 Å². The van der Waals surface area contributed by atoms with Gasteiger partial charge in [0, 0.05) is 37.6 Å². The Balaban J connectivity index is 2.09. The molecule has 0 saturated heterocycles. The SMILES string of the molecule is CCc1c(NC)ncnc1NC(C)Cn1ccnc1. The van der Waals surface area contributed by atoms with Crippen molar-refractivity contribution in [3.63, 3.8) is 0 Å². The standard InChI is InChI=1S/C13H20N6/c1-4-11-12(14-3)16-8-17-13(11)18-10(2)7-19-6-5-15-9-19/h5-6,8-10H,4,7H2,1-3H3,(H2,14,16,17,18). The van der Waals surface area contributed by atoms with Crippen LogP contribution in [0.5, 0.6) is 0 Å². The zero-order valence-electron chi connectivity index (χ0n) is 11.6. The minimum atomic E-state index is 0.263. The highest BCUT2D eigenvalue weighted by molar-refractivity contribution is 5.57. The first kappa shape index (κ1) is 13.3. The molecule has 2 aromatic heterocycles. The van der Waals surface area contributed by atoms with Crippen LogP contribution in [-0.4, -0.2) is 32.6 Å². The average molecular weight is 260 g/mol. The van der Waals surface area contributed by atoms with Gasteiger partial charge in [0.15, 0.2) is 0 Å². The van der Waals surface area contributed by atoms with E-state index < -0.39 is 0 Å². The first-order valence-corrected chi connectivity index (χ1v) is 6.48. The third kappa shape index (κ3) is 3.21. The predicted molar refractivity (Wildman–Crippen MR) is 76.3 cm³/mol. The second-order valence-electron chi connectivity index (χ2n) is 4.46. The summed E-state index contributed by atoms with van der Waals surface area (Å²) in [6.07, 6.45) is 8.03. The molecule has 0 spiro atoms. The van der Waals surface area contributed by atoms with E-state index >= 15 is 0 Å². The summed E-state index contributed by atoms with van der Waals surface area (Å²) in [5, 5.41) is 6.53. The van der Waals surface area contributed by atoms with Gasteiger partial charge in [0.05, 0.1) is 6.33 Å². The summed E-state index contributed by atoms with van der Waals surface area (Å²) < 4.78 is 2.05. The van der Waals surface area contributed by atoms with Crippen LogP contribution < -0.4 is 10.6 Å². The first-order chi connectivity index (χ1) is 9.24. The van der Waals surface area contributed by atoms with Gasteiger partial charge in [-0.05, 0) is 13.3 Å². The van der Waals surface area contributed by atoms with E-state index in [1.165, 1.54) is 0 Å². The molecule has 0 fully saturated rings. The first-order valence-electron chi connectivity index (χ1n) is 6.48. The molecule has 2 aromatic rings. The van der Waals surface area contributed by atoms with Gasteiger partial charge in [0.1, 0.15) is 18.0 Å². The number of anilines is 2. The van der Waals surface area contributed by atoms with Crippen LogP contribution >= 0.6 is 0 Å². The number of rotatable bonds is 6. The fourth-order valence-corrected chi connectivity index (χ4v) is 2.08. The fraction of sp³-hybridized carbons (Fsp3) is 0.462. The number of nitrogens with zero attached hydrogens (tertiary/aromatic N) is 4. The molecule has 0 radical (unpaired) electrons. The highest BCUT2D eigenvalue weighted by atomic mass is 15.1. The molecule has 102 valence electrons. The molecular weight excluding hydrogens is 240 g/mol. The van der Waals surface area contributed by atoms with Crippen molar-refractivity contribution in [1.82, 2.24) is 19.5 Å². The molecule has 0 amide bonds. The van der Waals surface area contributed by atoms with E-state index in [1.807, 2.05) is 24.1 Å². The van der Waals surface area contributed by atoms with E-state index in [4.69, 9.17) is 0 Å². The van der Waals surface area contributed by atoms with Crippen LogP contribution in [0.15, 0.2) is 25.0 Å². The Morgan fingerprint density at radius 3 is 2.74 bits per heavy atom. The second-order valence-corrected chi connectivity index (χ2v) is 4.46. The lowest BCUT2D eigenvalue weighted by molar-refractivity contribution is 0.616. The van der Waals surface area contributed by atoms with Crippen LogP contribution in [0.3, 0.4) is 0 Å². The van der Waals surface area contributed by atoms with Crippen LogP contribution in [0.25, 0.3) is 0 Å². The Bertz CT molecular complexity index is 508. The highest BCUT2D eigenvalue weighted by Crippen LogP contribution is 2.20. The average Bonchev–Trinajstić information content (AvgIpc) is 2.91. The molecule has 0 aliphatic heterocycles. The lowest BCUT2D eigenvalue weighted by atomic mass is 10.2. The molecule has 6 heteroatoms. The van der Waals surface area contributed by atoms with E-state index in [2.05, 4.69) is 39.4 Å². The molecule has 0 aliphatic rings. The van der Waals surface area contributed by atoms with E-state index in [-0.39, 0.29) is 6.04 Å². The third-order valence-electron chi connectivity index (χ3n) is 2.96. The number of hydrogen-bond donors (Lipinski definition) is 2. The molecule has 0 aliphatic carbocycles. The van der Waals surface area contributed by atoms with E-state index in [0.29, 0.717) is 0 Å². The quantitative estimate of drug-likeness (QED) is 0.828. The summed E-state index contributed by atoms with van der Waals surface area (Å²) in [5.74, 6) is 1.78. The number of hydrogen-bond acceptors (Lipinski definition) is 5. The monoisotopic (exact) mass is 260 g/mol. The van der Waals surface area contributed by atoms with Gasteiger partial charge in [-0.2, -0.15) is 0 Å². The molecule has 6 nitrogen and oxygen atoms in total. The van der Waals surface area contributed by atoms with Crippen molar-refractivity contribution in [2.45, 2.75) is 32.9 Å². The van der Waals surface area contributed by atoms with E-state index in [9.17, 15) is 0 Å². The fourth-order valence-electron chi connectivity index (χ4n) is 2.08. The lowest BCUT2D eigenvalue weighted by Gasteiger charge is -2.18. The summed E-state index contributed by atoms with van der Waals surface area (Å²) in [6.45, 7) is 5.08. The molecule has 0 saturated carbocycles. The summed E-state index contributed by atoms with van der Waals surface area (Å²) in [5.41, 5.74) is 1.11. The van der Waals surface area contributed by atoms with Crippen LogP contribution in [0.1, 0.15) is 19.4 Å². The maximum Gasteiger partial charge on any atom is 0.134 e. The summed E-state index contributed by atoms with van der Waals surface area (Å²) >= 11 is 0. The molecule has 2 rings (SSSR count). The molecule has 0 bridgehead atoms. The Kier molecular flexibility index (Phi) is 4.33. The summed E-state index contributed by atoms with van der Waals surface area (Å²) in [4.78, 5) is 12.6. The largest absolute Gasteiger partial charge is 0.373 e. The van der Waals surface area contributed by atoms with Crippen molar-refractivity contribution >= 4 is 11.6 Å². The maximum absolute atomic E-state index is 4.34. The molecule has 2 heterocycles. The number of aromatic nitrogens is 4. The smallest absolute Gasteiger partial charge is 0.134 e. The second kappa shape index (κ2) is 6.17. The van der Waals surface area contributed by atoms with Crippen LogP contribution in [0.2, 0.25) is 0 Å². The van der Waals surface area contributed by atoms with Gasteiger partial charge in [0.25, 0.3) is 0 Å². The van der Waals surface area contributed by atoms with Crippen LogP contribution in [0.4, 0.5) is 11.6 Å². The Morgan fingerprint density at radius 1 is 1.32 bits per heavy atom. The van der Waals surface area contributed by atoms with Crippen LogP contribution in [0, 0.1) is 0 Å². The minimum Gasteiger partial charge on any atom is -0.373 e. The molecule has 19 heavy (non-hydrogen) atoms. The Hall–Kier alpha value is -2.11. The van der Waals surface area contributed by atoms with Crippen molar-refractivity contribution in [3.8, 4) is 0 Å². The normalized spacial score (nSPS) is 12.2. The molecule has 1 unspecified atom stereocenters. The third-order valence-corrected chi connectivity index (χ3v) is 2.96. The molecule has 2 N–H and O–H groups in total. The van der Waals surface area contributed by atoms with E-state index in [1.54, 1.807) is 12.5 Å². The van der Waals surface area contributed by atoms with Gasteiger partial charge in [-0.15, -0.1) is 0 Å². The number of imidazole rings is 1. The van der Waals surface area contributed by atoms with Gasteiger partial charge >= 0.3 is 0 Å². The number of nitrogens with one attached hydrogen (secondary N) is 2. The maximum atomic E-state index is 4.34. The van der Waals surface area contributed by atoms with Crippen LogP contribution in [-0.2, 0) is 13.0 Å². The van der Waals surface area contributed by atoms with Crippen molar-refractivity contribution in [2.75, 3.05) is 17.7 Å². The Labute approximate surface area is 113 Å². The molecule has 0 aromatic carbocycles. The van der Waals surface area contributed by atoms with Crippen molar-refractivity contribution in [3.05, 3.63) is 30.6 Å².